The first-order valence-corrected chi connectivity index (χ1v) is 6.45. The standard InChI is InChI=1S/C13H8Cl2N4O/c14-10-11(15)17-6-18-12(10)19-13(20)8-2-1-7-3-4-16-9(7)5-8/h1-6,16H,(H,17,18,19,20). The Morgan fingerprint density at radius 2 is 2.05 bits per heavy atom. The fourth-order valence-corrected chi connectivity index (χ4v) is 2.08. The number of hydrogen-bond acceptors (Lipinski definition) is 3. The summed E-state index contributed by atoms with van der Waals surface area (Å²) in [6.07, 6.45) is 3.05. The fraction of sp³-hybridized carbons (Fsp3) is 0. The van der Waals surface area contributed by atoms with Gasteiger partial charge in [0, 0.05) is 17.3 Å². The second-order valence-corrected chi connectivity index (χ2v) is 4.80. The highest BCUT2D eigenvalue weighted by Crippen LogP contribution is 2.26. The molecule has 0 bridgehead atoms. The van der Waals surface area contributed by atoms with Crippen molar-refractivity contribution in [1.29, 1.82) is 0 Å². The van der Waals surface area contributed by atoms with Crippen molar-refractivity contribution in [3.05, 3.63) is 52.5 Å². The van der Waals surface area contributed by atoms with Crippen LogP contribution in [0.5, 0.6) is 0 Å². The van der Waals surface area contributed by atoms with E-state index in [0.717, 1.165) is 10.9 Å². The summed E-state index contributed by atoms with van der Waals surface area (Å²) in [7, 11) is 0. The first kappa shape index (κ1) is 12.9. The van der Waals surface area contributed by atoms with Gasteiger partial charge in [0.25, 0.3) is 5.91 Å². The van der Waals surface area contributed by atoms with Crippen LogP contribution in [-0.2, 0) is 0 Å². The van der Waals surface area contributed by atoms with Crippen LogP contribution in [0.3, 0.4) is 0 Å². The zero-order valence-corrected chi connectivity index (χ0v) is 11.5. The number of nitrogens with zero attached hydrogens (tertiary/aromatic N) is 2. The minimum Gasteiger partial charge on any atom is -0.361 e. The van der Waals surface area contributed by atoms with Crippen LogP contribution < -0.4 is 5.32 Å². The van der Waals surface area contributed by atoms with Gasteiger partial charge in [-0.15, -0.1) is 0 Å². The van der Waals surface area contributed by atoms with Gasteiger partial charge in [-0.2, -0.15) is 0 Å². The Balaban J connectivity index is 1.90. The van der Waals surface area contributed by atoms with E-state index in [-0.39, 0.29) is 21.9 Å². The largest absolute Gasteiger partial charge is 0.361 e. The van der Waals surface area contributed by atoms with Crippen molar-refractivity contribution in [2.75, 3.05) is 5.32 Å². The predicted octanol–water partition coefficient (Wildman–Crippen LogP) is 3.52. The minimum atomic E-state index is -0.321. The van der Waals surface area contributed by atoms with E-state index in [1.165, 1.54) is 6.33 Å². The first-order chi connectivity index (χ1) is 9.65. The number of fused-ring (bicyclic) bond motifs is 1. The van der Waals surface area contributed by atoms with Gasteiger partial charge in [0.1, 0.15) is 11.3 Å². The van der Waals surface area contributed by atoms with E-state index in [4.69, 9.17) is 23.2 Å². The zero-order chi connectivity index (χ0) is 14.1. The quantitative estimate of drug-likeness (QED) is 0.712. The molecule has 100 valence electrons. The molecule has 0 unspecified atom stereocenters. The van der Waals surface area contributed by atoms with Crippen molar-refractivity contribution >= 4 is 45.8 Å². The molecule has 0 atom stereocenters. The van der Waals surface area contributed by atoms with E-state index in [2.05, 4.69) is 20.3 Å². The normalized spacial score (nSPS) is 10.7. The molecular weight excluding hydrogens is 299 g/mol. The monoisotopic (exact) mass is 306 g/mol. The Hall–Kier alpha value is -2.11. The molecule has 0 aliphatic heterocycles. The summed E-state index contributed by atoms with van der Waals surface area (Å²) in [5.74, 6) is -0.138. The second kappa shape index (κ2) is 5.11. The number of nitrogens with one attached hydrogen (secondary N) is 2. The SMILES string of the molecule is O=C(Nc1ncnc(Cl)c1Cl)c1ccc2cc[nH]c2c1. The number of hydrogen-bond donors (Lipinski definition) is 2. The van der Waals surface area contributed by atoms with E-state index in [1.54, 1.807) is 12.1 Å². The van der Waals surface area contributed by atoms with Gasteiger partial charge in [0.15, 0.2) is 11.0 Å². The Morgan fingerprint density at radius 1 is 1.20 bits per heavy atom. The Bertz CT molecular complexity index is 800. The van der Waals surface area contributed by atoms with Crippen molar-refractivity contribution in [1.82, 2.24) is 15.0 Å². The number of aromatic nitrogens is 3. The maximum absolute atomic E-state index is 12.2. The predicted molar refractivity (Wildman–Crippen MR) is 78.3 cm³/mol. The molecule has 2 heterocycles. The van der Waals surface area contributed by atoms with Crippen molar-refractivity contribution in [2.45, 2.75) is 0 Å². The minimum absolute atomic E-state index is 0.0942. The molecule has 0 radical (unpaired) electrons. The lowest BCUT2D eigenvalue weighted by atomic mass is 10.1. The average Bonchev–Trinajstić information content (AvgIpc) is 2.91. The first-order valence-electron chi connectivity index (χ1n) is 5.69. The van der Waals surface area contributed by atoms with Crippen molar-refractivity contribution in [2.24, 2.45) is 0 Å². The van der Waals surface area contributed by atoms with E-state index < -0.39 is 0 Å². The van der Waals surface area contributed by atoms with E-state index >= 15 is 0 Å². The summed E-state index contributed by atoms with van der Waals surface area (Å²) in [5.41, 5.74) is 1.37. The Morgan fingerprint density at radius 3 is 2.90 bits per heavy atom. The summed E-state index contributed by atoms with van der Waals surface area (Å²) in [6.45, 7) is 0. The second-order valence-electron chi connectivity index (χ2n) is 4.06. The summed E-state index contributed by atoms with van der Waals surface area (Å²) in [5, 5.41) is 3.84. The van der Waals surface area contributed by atoms with Crippen LogP contribution in [-0.4, -0.2) is 20.9 Å². The topological polar surface area (TPSA) is 70.7 Å². The van der Waals surface area contributed by atoms with Crippen LogP contribution in [0.15, 0.2) is 36.8 Å². The molecule has 5 nitrogen and oxygen atoms in total. The number of H-pyrrole nitrogens is 1. The number of halogens is 2. The highest BCUT2D eigenvalue weighted by Gasteiger charge is 2.12. The number of benzene rings is 1. The molecule has 3 rings (SSSR count). The molecule has 2 aromatic heterocycles. The molecule has 20 heavy (non-hydrogen) atoms. The van der Waals surface area contributed by atoms with Gasteiger partial charge in [-0.05, 0) is 23.6 Å². The molecule has 0 fully saturated rings. The van der Waals surface area contributed by atoms with Gasteiger partial charge >= 0.3 is 0 Å². The zero-order valence-electron chi connectivity index (χ0n) is 10.0. The summed E-state index contributed by atoms with van der Waals surface area (Å²) in [6, 6.07) is 7.26. The molecule has 1 amide bonds. The number of amides is 1. The lowest BCUT2D eigenvalue weighted by Crippen LogP contribution is -2.13. The summed E-state index contributed by atoms with van der Waals surface area (Å²) < 4.78 is 0. The molecule has 1 aromatic carbocycles. The van der Waals surface area contributed by atoms with Crippen LogP contribution in [0.25, 0.3) is 10.9 Å². The third-order valence-electron chi connectivity index (χ3n) is 2.80. The van der Waals surface area contributed by atoms with Crippen molar-refractivity contribution < 1.29 is 4.79 Å². The molecule has 0 spiro atoms. The van der Waals surface area contributed by atoms with Gasteiger partial charge in [0.05, 0.1) is 0 Å². The smallest absolute Gasteiger partial charge is 0.256 e. The van der Waals surface area contributed by atoms with Crippen molar-refractivity contribution in [3.63, 3.8) is 0 Å². The van der Waals surface area contributed by atoms with E-state index in [0.29, 0.717) is 5.56 Å². The number of carbonyl (C=O) groups is 1. The molecule has 0 saturated heterocycles. The van der Waals surface area contributed by atoms with Gasteiger partial charge in [-0.3, -0.25) is 4.79 Å². The van der Waals surface area contributed by atoms with E-state index in [9.17, 15) is 4.79 Å². The molecule has 0 saturated carbocycles. The lowest BCUT2D eigenvalue weighted by molar-refractivity contribution is 0.102. The number of carbonyl (C=O) groups excluding carboxylic acids is 1. The molecule has 3 aromatic rings. The number of rotatable bonds is 2. The summed E-state index contributed by atoms with van der Waals surface area (Å²) >= 11 is 11.7. The van der Waals surface area contributed by atoms with Crippen molar-refractivity contribution in [3.8, 4) is 0 Å². The number of anilines is 1. The van der Waals surface area contributed by atoms with Gasteiger partial charge in [-0.25, -0.2) is 9.97 Å². The number of aromatic amines is 1. The summed E-state index contributed by atoms with van der Waals surface area (Å²) in [4.78, 5) is 22.8. The molecule has 0 aliphatic rings. The molecule has 0 aliphatic carbocycles. The van der Waals surface area contributed by atoms with Gasteiger partial charge in [0.2, 0.25) is 0 Å². The van der Waals surface area contributed by atoms with Crippen LogP contribution in [0.2, 0.25) is 10.2 Å². The fourth-order valence-electron chi connectivity index (χ4n) is 1.80. The van der Waals surface area contributed by atoms with Crippen LogP contribution >= 0.6 is 23.2 Å². The van der Waals surface area contributed by atoms with Crippen LogP contribution in [0.4, 0.5) is 5.82 Å². The maximum Gasteiger partial charge on any atom is 0.256 e. The average molecular weight is 307 g/mol. The molecule has 2 N–H and O–H groups in total. The lowest BCUT2D eigenvalue weighted by Gasteiger charge is -2.06. The van der Waals surface area contributed by atoms with Gasteiger partial charge in [-0.1, -0.05) is 29.3 Å². The maximum atomic E-state index is 12.2. The highest BCUT2D eigenvalue weighted by atomic mass is 35.5. The molecular formula is C13H8Cl2N4O. The third-order valence-corrected chi connectivity index (χ3v) is 3.54. The van der Waals surface area contributed by atoms with Gasteiger partial charge < -0.3 is 10.3 Å². The van der Waals surface area contributed by atoms with E-state index in [1.807, 2.05) is 18.3 Å². The Labute approximate surface area is 124 Å². The third kappa shape index (κ3) is 2.33. The molecule has 7 heteroatoms. The Kier molecular flexibility index (Phi) is 3.30. The van der Waals surface area contributed by atoms with Crippen LogP contribution in [0.1, 0.15) is 10.4 Å². The van der Waals surface area contributed by atoms with Crippen LogP contribution in [0, 0.1) is 0 Å². The highest BCUT2D eigenvalue weighted by molar-refractivity contribution is 6.43.